The van der Waals surface area contributed by atoms with Crippen LogP contribution in [0.1, 0.15) is 10.7 Å². The minimum Gasteiger partial charge on any atom is -0.356 e. The third kappa shape index (κ3) is 6.62. The zero-order valence-electron chi connectivity index (χ0n) is 14.0. The van der Waals surface area contributed by atoms with Crippen molar-refractivity contribution in [2.45, 2.75) is 58.9 Å². The molecule has 0 N–H and O–H groups in total. The number of nitrogens with zero attached hydrogens (tertiary/aromatic N) is 1. The molecule has 0 spiro atoms. The van der Waals surface area contributed by atoms with Gasteiger partial charge >= 0.3 is 0 Å². The summed E-state index contributed by atoms with van der Waals surface area (Å²) in [7, 11) is -2.31. The Morgan fingerprint density at radius 1 is 1.05 bits per heavy atom. The second-order valence-corrected chi connectivity index (χ2v) is 19.6. The van der Waals surface area contributed by atoms with Crippen LogP contribution in [0.15, 0.2) is 0 Å². The van der Waals surface area contributed by atoms with E-state index in [9.17, 15) is 0 Å². The Morgan fingerprint density at radius 3 is 2.25 bits per heavy atom. The van der Waals surface area contributed by atoms with Gasteiger partial charge in [-0.25, -0.2) is 4.98 Å². The molecule has 0 radical (unpaired) electrons. The monoisotopic (exact) mass is 331 g/mol. The number of ether oxygens (including phenoxy) is 2. The summed E-state index contributed by atoms with van der Waals surface area (Å²) in [5.41, 5.74) is 1.13. The fourth-order valence-electron chi connectivity index (χ4n) is 1.79. The molecule has 116 valence electrons. The van der Waals surface area contributed by atoms with Crippen LogP contribution in [0.2, 0.25) is 45.3 Å². The summed E-state index contributed by atoms with van der Waals surface area (Å²) in [6.45, 7) is 18.0. The Balaban J connectivity index is 2.36. The Hall–Kier alpha value is -0.0162. The highest BCUT2D eigenvalue weighted by molar-refractivity contribution is 7.26. The molecule has 0 aliphatic heterocycles. The van der Waals surface area contributed by atoms with Crippen LogP contribution in [0, 0.1) is 6.92 Å². The molecule has 0 saturated carbocycles. The first-order valence-corrected chi connectivity index (χ1v) is 15.2. The van der Waals surface area contributed by atoms with Crippen molar-refractivity contribution in [1.29, 1.82) is 0 Å². The maximum Gasteiger partial charge on any atom is 0.147 e. The molecule has 1 heterocycles. The average Bonchev–Trinajstić information content (AvgIpc) is 2.63. The van der Waals surface area contributed by atoms with Crippen molar-refractivity contribution in [2.75, 3.05) is 13.4 Å². The van der Waals surface area contributed by atoms with Crippen LogP contribution in [0.25, 0.3) is 0 Å². The number of hydrogen-bond acceptors (Lipinski definition) is 4. The first-order chi connectivity index (χ1) is 9.09. The molecule has 1 aromatic rings. The van der Waals surface area contributed by atoms with Gasteiger partial charge in [-0.3, -0.25) is 0 Å². The molecule has 6 heteroatoms. The average molecular weight is 332 g/mol. The lowest BCUT2D eigenvalue weighted by Gasteiger charge is -2.16. The molecule has 0 fully saturated rings. The van der Waals surface area contributed by atoms with Gasteiger partial charge in [0.1, 0.15) is 6.79 Å². The molecule has 1 aromatic heterocycles. The largest absolute Gasteiger partial charge is 0.356 e. The van der Waals surface area contributed by atoms with E-state index in [1.165, 1.54) is 10.5 Å². The Kier molecular flexibility index (Phi) is 6.59. The molecule has 0 atom stereocenters. The first-order valence-electron chi connectivity index (χ1n) is 7.22. The highest BCUT2D eigenvalue weighted by atomic mass is 32.1. The molecule has 0 unspecified atom stereocenters. The van der Waals surface area contributed by atoms with Crippen LogP contribution in [0.5, 0.6) is 0 Å². The van der Waals surface area contributed by atoms with E-state index >= 15 is 0 Å². The van der Waals surface area contributed by atoms with Crippen molar-refractivity contribution in [3.8, 4) is 0 Å². The maximum atomic E-state index is 5.64. The molecule has 0 aliphatic rings. The van der Waals surface area contributed by atoms with Crippen molar-refractivity contribution < 1.29 is 9.47 Å². The van der Waals surface area contributed by atoms with Gasteiger partial charge in [-0.1, -0.05) is 39.3 Å². The van der Waals surface area contributed by atoms with Crippen LogP contribution in [0.3, 0.4) is 0 Å². The highest BCUT2D eigenvalue weighted by Gasteiger charge is 2.24. The fourth-order valence-corrected chi connectivity index (χ4v) is 5.88. The van der Waals surface area contributed by atoms with Gasteiger partial charge in [-0.15, -0.1) is 11.3 Å². The lowest BCUT2D eigenvalue weighted by atomic mass is 10.5. The van der Waals surface area contributed by atoms with Crippen molar-refractivity contribution in [3.63, 3.8) is 0 Å². The number of aryl methyl sites for hydroxylation is 1. The minimum atomic E-state index is -1.32. The van der Waals surface area contributed by atoms with Crippen LogP contribution in [-0.2, 0) is 16.1 Å². The normalized spacial score (nSPS) is 12.9. The Labute approximate surface area is 129 Å². The summed E-state index contributed by atoms with van der Waals surface area (Å²) in [6, 6.07) is 1.19. The predicted octanol–water partition coefficient (Wildman–Crippen LogP) is 3.83. The van der Waals surface area contributed by atoms with E-state index in [0.29, 0.717) is 13.4 Å². The van der Waals surface area contributed by atoms with Gasteiger partial charge in [0, 0.05) is 19.2 Å². The van der Waals surface area contributed by atoms with Crippen molar-refractivity contribution in [3.05, 3.63) is 10.7 Å². The molecule has 0 saturated heterocycles. The number of rotatable bonds is 8. The zero-order chi connectivity index (χ0) is 15.4. The molecule has 3 nitrogen and oxygen atoms in total. The van der Waals surface area contributed by atoms with Crippen LogP contribution in [-0.4, -0.2) is 34.5 Å². The van der Waals surface area contributed by atoms with Gasteiger partial charge in [-0.05, 0) is 13.0 Å². The van der Waals surface area contributed by atoms with Gasteiger partial charge in [-0.2, -0.15) is 0 Å². The molecule has 0 aromatic carbocycles. The SMILES string of the molecule is Cc1nc(COCOCC[Si](C)(C)C)c([Si](C)(C)C)s1. The quantitative estimate of drug-likeness (QED) is 0.412. The molecular formula is C14H29NO2SSi2. The van der Waals surface area contributed by atoms with Crippen LogP contribution in [0.4, 0.5) is 0 Å². The van der Waals surface area contributed by atoms with E-state index in [1.807, 2.05) is 11.3 Å². The third-order valence-corrected chi connectivity index (χ3v) is 9.21. The lowest BCUT2D eigenvalue weighted by molar-refractivity contribution is -0.0579. The van der Waals surface area contributed by atoms with E-state index < -0.39 is 16.1 Å². The molecule has 0 bridgehead atoms. The van der Waals surface area contributed by atoms with Crippen molar-refractivity contribution in [2.24, 2.45) is 0 Å². The van der Waals surface area contributed by atoms with Crippen molar-refractivity contribution in [1.82, 2.24) is 4.98 Å². The van der Waals surface area contributed by atoms with Crippen molar-refractivity contribution >= 4 is 32.0 Å². The summed E-state index contributed by atoms with van der Waals surface area (Å²) < 4.78 is 12.7. The molecule has 1 rings (SSSR count). The summed E-state index contributed by atoms with van der Waals surface area (Å²) in [4.78, 5) is 4.61. The van der Waals surface area contributed by atoms with Gasteiger partial charge in [0.05, 0.1) is 25.4 Å². The lowest BCUT2D eigenvalue weighted by Crippen LogP contribution is -2.38. The zero-order valence-corrected chi connectivity index (χ0v) is 16.8. The maximum absolute atomic E-state index is 5.64. The molecular weight excluding hydrogens is 302 g/mol. The second-order valence-electron chi connectivity index (χ2n) is 7.44. The Morgan fingerprint density at radius 2 is 1.70 bits per heavy atom. The fraction of sp³-hybridized carbons (Fsp3) is 0.786. The van der Waals surface area contributed by atoms with E-state index in [4.69, 9.17) is 9.47 Å². The second kappa shape index (κ2) is 7.31. The topological polar surface area (TPSA) is 31.4 Å². The molecule has 0 amide bonds. The van der Waals surface area contributed by atoms with E-state index in [-0.39, 0.29) is 0 Å². The van der Waals surface area contributed by atoms with Gasteiger partial charge in [0.2, 0.25) is 0 Å². The van der Waals surface area contributed by atoms with Crippen LogP contribution >= 0.6 is 11.3 Å². The standard InChI is InChI=1S/C14H29NO2SSi2/c1-12-15-13(14(18-12)20(5,6)7)10-17-11-16-8-9-19(2,3)4/h8-11H2,1-7H3. The van der Waals surface area contributed by atoms with Gasteiger partial charge < -0.3 is 9.47 Å². The van der Waals surface area contributed by atoms with E-state index in [2.05, 4.69) is 51.2 Å². The predicted molar refractivity (Wildman–Crippen MR) is 93.6 cm³/mol. The summed E-state index contributed by atoms with van der Waals surface area (Å²) in [5, 5.41) is 1.14. The van der Waals surface area contributed by atoms with Gasteiger partial charge in [0.15, 0.2) is 0 Å². The van der Waals surface area contributed by atoms with Gasteiger partial charge in [0.25, 0.3) is 0 Å². The highest BCUT2D eigenvalue weighted by Crippen LogP contribution is 2.15. The van der Waals surface area contributed by atoms with E-state index in [0.717, 1.165) is 17.3 Å². The summed E-state index contributed by atoms with van der Waals surface area (Å²) in [6.07, 6.45) is 0. The third-order valence-electron chi connectivity index (χ3n) is 2.89. The number of aromatic nitrogens is 1. The number of hydrogen-bond donors (Lipinski definition) is 0. The molecule has 0 aliphatic carbocycles. The summed E-state index contributed by atoms with van der Waals surface area (Å²) >= 11 is 1.83. The molecule has 20 heavy (non-hydrogen) atoms. The minimum absolute atomic E-state index is 0.381. The number of thiazole rings is 1. The summed E-state index contributed by atoms with van der Waals surface area (Å²) in [5.74, 6) is 0. The van der Waals surface area contributed by atoms with Crippen LogP contribution < -0.4 is 4.50 Å². The van der Waals surface area contributed by atoms with E-state index in [1.54, 1.807) is 0 Å². The Bertz CT molecular complexity index is 422. The smallest absolute Gasteiger partial charge is 0.147 e. The first kappa shape index (κ1) is 18.0.